The molecule has 0 heterocycles. The van der Waals surface area contributed by atoms with Crippen molar-refractivity contribution in [2.45, 2.75) is 54.4 Å². The van der Waals surface area contributed by atoms with Crippen LogP contribution in [0.25, 0.3) is 10.0 Å². The van der Waals surface area contributed by atoms with Gasteiger partial charge < -0.3 is 0 Å². The minimum atomic E-state index is 0.854. The number of rotatable bonds is 3. The van der Waals surface area contributed by atoms with Crippen LogP contribution >= 0.6 is 0 Å². The minimum absolute atomic E-state index is 0.854. The van der Waals surface area contributed by atoms with Crippen LogP contribution in [0.2, 0.25) is 0 Å². The van der Waals surface area contributed by atoms with Crippen LogP contribution in [0.1, 0.15) is 55.6 Å². The molecule has 4 heteroatoms. The van der Waals surface area contributed by atoms with Crippen LogP contribution in [0.4, 0.5) is 0 Å². The first-order chi connectivity index (χ1) is 12.3. The molecule has 0 fully saturated rings. The van der Waals surface area contributed by atoms with Gasteiger partial charge in [0, 0.05) is 0 Å². The molecule has 0 aromatic heterocycles. The lowest BCUT2D eigenvalue weighted by Gasteiger charge is -2.16. The van der Waals surface area contributed by atoms with Crippen molar-refractivity contribution >= 4 is 0 Å². The maximum atomic E-state index is 8.89. The molecule has 0 bridgehead atoms. The van der Waals surface area contributed by atoms with Crippen molar-refractivity contribution in [1.29, 1.82) is 0 Å². The molecule has 0 saturated heterocycles. The predicted molar refractivity (Wildman–Crippen MR) is 105 cm³/mol. The predicted octanol–water partition coefficient (Wildman–Crippen LogP) is 5.46. The zero-order valence-electron chi connectivity index (χ0n) is 16.4. The Balaban J connectivity index is 2.47. The molecule has 0 radical (unpaired) electrons. The highest BCUT2D eigenvalue weighted by atomic mass is 16.4. The molecular weight excluding hydrogens is 324 g/mol. The van der Waals surface area contributed by atoms with Gasteiger partial charge in [0.25, 0.3) is 0 Å². The summed E-state index contributed by atoms with van der Waals surface area (Å²) in [7, 11) is 0. The van der Waals surface area contributed by atoms with E-state index in [1.54, 1.807) is 0 Å². The molecule has 26 heavy (non-hydrogen) atoms. The summed E-state index contributed by atoms with van der Waals surface area (Å²) in [6.07, 6.45) is 1.75. The molecule has 0 amide bonds. The van der Waals surface area contributed by atoms with Gasteiger partial charge in [-0.3, -0.25) is 0 Å². The van der Waals surface area contributed by atoms with Gasteiger partial charge in [-0.25, -0.2) is 0 Å². The number of aryl methyl sites for hydroxylation is 4. The Morgan fingerprint density at radius 2 is 1.00 bits per heavy atom. The normalized spacial score (nSPS) is 9.92. The number of hydrogen-bond donors (Lipinski definition) is 2. The summed E-state index contributed by atoms with van der Waals surface area (Å²) in [4.78, 5) is 0. The highest BCUT2D eigenvalue weighted by molar-refractivity contribution is 5.54. The molecule has 2 aromatic carbocycles. The van der Waals surface area contributed by atoms with Crippen molar-refractivity contribution in [3.8, 4) is 12.1 Å². The van der Waals surface area contributed by atoms with E-state index in [2.05, 4.69) is 62.0 Å². The van der Waals surface area contributed by atoms with Gasteiger partial charge in [0.1, 0.15) is 11.1 Å². The SMILES string of the molecule is Cc1cc(C)c(CCc2c(C)cc(C)c(C#[N+]O)c2C)c(C)c1C#[N+]O. The molecule has 2 rings (SSSR count). The molecule has 0 aliphatic rings. The van der Waals surface area contributed by atoms with Crippen LogP contribution in [0, 0.1) is 53.7 Å². The molecule has 0 atom stereocenters. The molecular formula is C22H26N2O2+2. The topological polar surface area (TPSA) is 49.2 Å². The fourth-order valence-electron chi connectivity index (χ4n) is 3.92. The molecule has 0 aliphatic heterocycles. The second kappa shape index (κ2) is 7.93. The van der Waals surface area contributed by atoms with Crippen LogP contribution in [0.5, 0.6) is 0 Å². The van der Waals surface area contributed by atoms with Crippen molar-refractivity contribution < 1.29 is 10.4 Å². The molecule has 0 aliphatic carbocycles. The lowest BCUT2D eigenvalue weighted by molar-refractivity contribution is 0.464. The van der Waals surface area contributed by atoms with Gasteiger partial charge >= 0.3 is 12.1 Å². The highest BCUT2D eigenvalue weighted by Gasteiger charge is 2.17. The zero-order chi connectivity index (χ0) is 19.4. The summed E-state index contributed by atoms with van der Waals surface area (Å²) in [6.45, 7) is 12.3. The van der Waals surface area contributed by atoms with Gasteiger partial charge in [0.05, 0.1) is 0 Å². The monoisotopic (exact) mass is 350 g/mol. The molecule has 2 N–H and O–H groups in total. The quantitative estimate of drug-likeness (QED) is 0.722. The van der Waals surface area contributed by atoms with Gasteiger partial charge in [-0.05, 0) is 98.9 Å². The lowest BCUT2D eigenvalue weighted by Crippen LogP contribution is -2.05. The molecule has 0 spiro atoms. The second-order valence-corrected chi connectivity index (χ2v) is 6.90. The molecule has 2 aromatic rings. The Labute approximate surface area is 155 Å². The van der Waals surface area contributed by atoms with E-state index in [9.17, 15) is 0 Å². The Kier molecular flexibility index (Phi) is 5.90. The molecule has 0 unspecified atom stereocenters. The minimum Gasteiger partial charge on any atom is -0.177 e. The van der Waals surface area contributed by atoms with Crippen molar-refractivity contribution in [3.63, 3.8) is 0 Å². The van der Waals surface area contributed by atoms with Crippen LogP contribution in [-0.4, -0.2) is 10.4 Å². The smallest absolute Gasteiger partial charge is 0.177 e. The van der Waals surface area contributed by atoms with Crippen molar-refractivity contribution in [2.75, 3.05) is 0 Å². The van der Waals surface area contributed by atoms with E-state index >= 15 is 0 Å². The first-order valence-corrected chi connectivity index (χ1v) is 8.71. The molecule has 134 valence electrons. The van der Waals surface area contributed by atoms with E-state index in [0.29, 0.717) is 0 Å². The summed E-state index contributed by atoms with van der Waals surface area (Å²) in [6, 6.07) is 9.62. The van der Waals surface area contributed by atoms with Gasteiger partial charge in [0.2, 0.25) is 10.0 Å². The van der Waals surface area contributed by atoms with Crippen molar-refractivity contribution in [1.82, 2.24) is 0 Å². The van der Waals surface area contributed by atoms with Crippen LogP contribution < -0.4 is 0 Å². The largest absolute Gasteiger partial charge is 0.388 e. The van der Waals surface area contributed by atoms with E-state index in [1.807, 2.05) is 13.8 Å². The highest BCUT2D eigenvalue weighted by Crippen LogP contribution is 2.27. The van der Waals surface area contributed by atoms with Gasteiger partial charge in [-0.2, -0.15) is 10.4 Å². The fraction of sp³-hybridized carbons (Fsp3) is 0.364. The maximum Gasteiger partial charge on any atom is 0.388 e. The van der Waals surface area contributed by atoms with Gasteiger partial charge in [0.15, 0.2) is 0 Å². The Bertz CT molecular complexity index is 902. The molecule has 4 nitrogen and oxygen atoms in total. The third-order valence-corrected chi connectivity index (χ3v) is 5.21. The third kappa shape index (κ3) is 3.65. The summed E-state index contributed by atoms with van der Waals surface area (Å²) in [5.74, 6) is 0. The van der Waals surface area contributed by atoms with E-state index in [4.69, 9.17) is 10.4 Å². The summed E-state index contributed by atoms with van der Waals surface area (Å²) < 4.78 is 0. The van der Waals surface area contributed by atoms with Crippen LogP contribution in [0.3, 0.4) is 0 Å². The van der Waals surface area contributed by atoms with Crippen LogP contribution in [0.15, 0.2) is 12.1 Å². The standard InChI is InChI=1S/C22H24N2O2/c1-13-9-15(3)21(11-23-25)17(5)19(13)7-8-20-14(2)10-16(4)22(12-24-26)18(20)6/h9-10H,7-8H2,1-6H3/p+2. The van der Waals surface area contributed by atoms with E-state index in [-0.39, 0.29) is 0 Å². The Hall–Kier alpha value is -2.98. The first kappa shape index (κ1) is 19.3. The average Bonchev–Trinajstić information content (AvgIpc) is 2.57. The summed E-state index contributed by atoms with van der Waals surface area (Å²) in [5.41, 5.74) is 11.0. The Morgan fingerprint density at radius 1 is 0.654 bits per heavy atom. The molecule has 0 saturated carbocycles. The fourth-order valence-corrected chi connectivity index (χ4v) is 3.92. The zero-order valence-corrected chi connectivity index (χ0v) is 16.4. The third-order valence-electron chi connectivity index (χ3n) is 5.21. The second-order valence-electron chi connectivity index (χ2n) is 6.90. The average molecular weight is 350 g/mol. The maximum absolute atomic E-state index is 8.89. The lowest BCUT2D eigenvalue weighted by atomic mass is 9.87. The van der Waals surface area contributed by atoms with E-state index in [1.165, 1.54) is 22.3 Å². The van der Waals surface area contributed by atoms with E-state index in [0.717, 1.165) is 46.2 Å². The number of nitrogens with zero attached hydrogens (tertiary/aromatic N) is 2. The number of hydrogen-bond acceptors (Lipinski definition) is 2. The summed E-state index contributed by atoms with van der Waals surface area (Å²) >= 11 is 0. The van der Waals surface area contributed by atoms with Gasteiger partial charge in [-0.1, -0.05) is 12.1 Å². The van der Waals surface area contributed by atoms with Crippen molar-refractivity contribution in [2.24, 2.45) is 0 Å². The first-order valence-electron chi connectivity index (χ1n) is 8.71. The van der Waals surface area contributed by atoms with E-state index < -0.39 is 0 Å². The Morgan fingerprint density at radius 3 is 1.31 bits per heavy atom. The number of benzene rings is 2. The van der Waals surface area contributed by atoms with Crippen molar-refractivity contribution in [3.05, 3.63) is 77.8 Å². The summed E-state index contributed by atoms with van der Waals surface area (Å²) in [5, 5.41) is 24.0. The van der Waals surface area contributed by atoms with Crippen LogP contribution in [-0.2, 0) is 12.8 Å². The van der Waals surface area contributed by atoms with Gasteiger partial charge in [-0.15, -0.1) is 0 Å².